The molecule has 0 radical (unpaired) electrons. The number of carbonyl (C=O) groups is 2. The van der Waals surface area contributed by atoms with Gasteiger partial charge in [-0.05, 0) is 48.9 Å². The molecule has 0 heterocycles. The van der Waals surface area contributed by atoms with Crippen LogP contribution in [0.5, 0.6) is 5.75 Å². The molecule has 0 aromatic heterocycles. The number of hydrogen-bond donors (Lipinski definition) is 2. The predicted molar refractivity (Wildman–Crippen MR) is 93.0 cm³/mol. The maximum absolute atomic E-state index is 11.9. The van der Waals surface area contributed by atoms with Crippen LogP contribution in [0.1, 0.15) is 15.9 Å². The maximum Gasteiger partial charge on any atom is 0.262 e. The van der Waals surface area contributed by atoms with Crippen LogP contribution in [0.4, 0.5) is 5.69 Å². The zero-order valence-electron chi connectivity index (χ0n) is 12.2. The van der Waals surface area contributed by atoms with Gasteiger partial charge in [-0.25, -0.2) is 0 Å². The van der Waals surface area contributed by atoms with Gasteiger partial charge in [0.25, 0.3) is 11.8 Å². The van der Waals surface area contributed by atoms with E-state index in [9.17, 15) is 9.59 Å². The molecule has 0 saturated heterocycles. The van der Waals surface area contributed by atoms with Gasteiger partial charge in [0.2, 0.25) is 0 Å². The first kappa shape index (κ1) is 17.3. The summed E-state index contributed by atoms with van der Waals surface area (Å²) in [6.07, 6.45) is 0. The Labute approximate surface area is 146 Å². The molecule has 2 amide bonds. The highest BCUT2D eigenvalue weighted by molar-refractivity contribution is 9.10. The molecule has 2 aromatic carbocycles. The van der Waals surface area contributed by atoms with Crippen molar-refractivity contribution in [1.82, 2.24) is 0 Å². The number of ether oxygens (including phenoxy) is 1. The monoisotopic (exact) mass is 396 g/mol. The van der Waals surface area contributed by atoms with Crippen LogP contribution in [0.3, 0.4) is 0 Å². The first-order valence-corrected chi connectivity index (χ1v) is 7.82. The van der Waals surface area contributed by atoms with Crippen molar-refractivity contribution in [2.75, 3.05) is 11.9 Å². The van der Waals surface area contributed by atoms with Crippen LogP contribution in [-0.4, -0.2) is 18.4 Å². The third-order valence-corrected chi connectivity index (χ3v) is 4.13. The van der Waals surface area contributed by atoms with E-state index in [1.807, 2.05) is 19.1 Å². The van der Waals surface area contributed by atoms with Gasteiger partial charge in [0.05, 0.1) is 5.56 Å². The summed E-state index contributed by atoms with van der Waals surface area (Å²) in [6, 6.07) is 9.90. The Morgan fingerprint density at radius 2 is 2.00 bits per heavy atom. The highest BCUT2D eigenvalue weighted by Crippen LogP contribution is 2.23. The van der Waals surface area contributed by atoms with E-state index in [1.54, 1.807) is 12.1 Å². The summed E-state index contributed by atoms with van der Waals surface area (Å²) in [5, 5.41) is 3.08. The van der Waals surface area contributed by atoms with Gasteiger partial charge >= 0.3 is 0 Å². The van der Waals surface area contributed by atoms with E-state index >= 15 is 0 Å². The van der Waals surface area contributed by atoms with E-state index in [0.29, 0.717) is 10.7 Å². The fourth-order valence-corrected chi connectivity index (χ4v) is 2.30. The lowest BCUT2D eigenvalue weighted by molar-refractivity contribution is -0.118. The van der Waals surface area contributed by atoms with Crippen LogP contribution in [0.15, 0.2) is 40.9 Å². The number of nitrogens with two attached hydrogens (primary N) is 1. The summed E-state index contributed by atoms with van der Waals surface area (Å²) in [7, 11) is 0. The van der Waals surface area contributed by atoms with E-state index < -0.39 is 5.91 Å². The zero-order valence-corrected chi connectivity index (χ0v) is 14.6. The van der Waals surface area contributed by atoms with Gasteiger partial charge in [0.1, 0.15) is 5.75 Å². The normalized spacial score (nSPS) is 10.2. The number of rotatable bonds is 5. The van der Waals surface area contributed by atoms with E-state index in [1.165, 1.54) is 12.1 Å². The van der Waals surface area contributed by atoms with Gasteiger partial charge in [-0.3, -0.25) is 9.59 Å². The molecule has 0 fully saturated rings. The van der Waals surface area contributed by atoms with Crippen molar-refractivity contribution in [2.45, 2.75) is 6.92 Å². The summed E-state index contributed by atoms with van der Waals surface area (Å²) < 4.78 is 6.32. The standard InChI is InChI=1S/C16H14BrClN2O3/c1-9-6-11(3-4-13(9)17)20-15(21)8-23-14-5-2-10(18)7-12(14)16(19)22/h2-7H,8H2,1H3,(H2,19,22)(H,20,21). The molecule has 0 aliphatic heterocycles. The van der Waals surface area contributed by atoms with Crippen molar-refractivity contribution in [3.05, 3.63) is 57.0 Å². The van der Waals surface area contributed by atoms with E-state index in [0.717, 1.165) is 10.0 Å². The molecule has 0 saturated carbocycles. The average Bonchev–Trinajstić information content (AvgIpc) is 2.49. The summed E-state index contributed by atoms with van der Waals surface area (Å²) >= 11 is 9.20. The molecule has 120 valence electrons. The molecule has 0 atom stereocenters. The number of halogens is 2. The predicted octanol–water partition coefficient (Wildman–Crippen LogP) is 3.53. The minimum absolute atomic E-state index is 0.129. The summed E-state index contributed by atoms with van der Waals surface area (Å²) in [5.41, 5.74) is 7.05. The fraction of sp³-hybridized carbons (Fsp3) is 0.125. The topological polar surface area (TPSA) is 81.4 Å². The third-order valence-electron chi connectivity index (χ3n) is 3.01. The highest BCUT2D eigenvalue weighted by Gasteiger charge is 2.12. The molecular weight excluding hydrogens is 384 g/mol. The Morgan fingerprint density at radius 1 is 1.26 bits per heavy atom. The largest absolute Gasteiger partial charge is 0.483 e. The van der Waals surface area contributed by atoms with Crippen molar-refractivity contribution >= 4 is 45.0 Å². The number of aryl methyl sites for hydroxylation is 1. The summed E-state index contributed by atoms with van der Waals surface area (Å²) in [5.74, 6) is -0.812. The van der Waals surface area contributed by atoms with Crippen molar-refractivity contribution in [1.29, 1.82) is 0 Å². The van der Waals surface area contributed by atoms with Crippen LogP contribution >= 0.6 is 27.5 Å². The van der Waals surface area contributed by atoms with Crippen molar-refractivity contribution in [2.24, 2.45) is 5.73 Å². The van der Waals surface area contributed by atoms with E-state index in [-0.39, 0.29) is 23.8 Å². The van der Waals surface area contributed by atoms with Gasteiger partial charge < -0.3 is 15.8 Å². The van der Waals surface area contributed by atoms with Crippen LogP contribution in [0.2, 0.25) is 5.02 Å². The summed E-state index contributed by atoms with van der Waals surface area (Å²) in [4.78, 5) is 23.3. The van der Waals surface area contributed by atoms with Crippen molar-refractivity contribution in [3.8, 4) is 5.75 Å². The fourth-order valence-electron chi connectivity index (χ4n) is 1.88. The van der Waals surface area contributed by atoms with E-state index in [4.69, 9.17) is 22.1 Å². The molecule has 0 aliphatic carbocycles. The molecule has 2 rings (SSSR count). The Balaban J connectivity index is 2.02. The van der Waals surface area contributed by atoms with Crippen LogP contribution in [0, 0.1) is 6.92 Å². The molecule has 0 bridgehead atoms. The Kier molecular flexibility index (Phi) is 5.63. The van der Waals surface area contributed by atoms with Crippen molar-refractivity contribution in [3.63, 3.8) is 0 Å². The quantitative estimate of drug-likeness (QED) is 0.810. The lowest BCUT2D eigenvalue weighted by Gasteiger charge is -2.11. The first-order chi connectivity index (χ1) is 10.9. The van der Waals surface area contributed by atoms with Gasteiger partial charge in [-0.1, -0.05) is 27.5 Å². The zero-order chi connectivity index (χ0) is 17.0. The van der Waals surface area contributed by atoms with Gasteiger partial charge in [-0.2, -0.15) is 0 Å². The number of amides is 2. The van der Waals surface area contributed by atoms with Crippen LogP contribution in [-0.2, 0) is 4.79 Å². The number of carbonyl (C=O) groups excluding carboxylic acids is 2. The second kappa shape index (κ2) is 7.48. The SMILES string of the molecule is Cc1cc(NC(=O)COc2ccc(Cl)cc2C(N)=O)ccc1Br. The molecule has 0 spiro atoms. The molecular formula is C16H14BrClN2O3. The summed E-state index contributed by atoms with van der Waals surface area (Å²) in [6.45, 7) is 1.67. The number of primary amides is 1. The first-order valence-electron chi connectivity index (χ1n) is 6.65. The lowest BCUT2D eigenvalue weighted by atomic mass is 10.2. The van der Waals surface area contributed by atoms with Gasteiger partial charge in [-0.15, -0.1) is 0 Å². The Hall–Kier alpha value is -2.05. The average molecular weight is 398 g/mol. The van der Waals surface area contributed by atoms with Crippen molar-refractivity contribution < 1.29 is 14.3 Å². The molecule has 0 aliphatic rings. The minimum atomic E-state index is -0.675. The third kappa shape index (κ3) is 4.71. The Morgan fingerprint density at radius 3 is 2.65 bits per heavy atom. The van der Waals surface area contributed by atoms with Crippen LogP contribution < -0.4 is 15.8 Å². The second-order valence-electron chi connectivity index (χ2n) is 4.81. The van der Waals surface area contributed by atoms with Crippen LogP contribution in [0.25, 0.3) is 0 Å². The highest BCUT2D eigenvalue weighted by atomic mass is 79.9. The minimum Gasteiger partial charge on any atom is -0.483 e. The Bertz CT molecular complexity index is 765. The second-order valence-corrected chi connectivity index (χ2v) is 6.10. The molecule has 7 heteroatoms. The molecule has 3 N–H and O–H groups in total. The molecule has 5 nitrogen and oxygen atoms in total. The number of benzene rings is 2. The smallest absolute Gasteiger partial charge is 0.262 e. The number of hydrogen-bond acceptors (Lipinski definition) is 3. The number of nitrogens with one attached hydrogen (secondary N) is 1. The van der Waals surface area contributed by atoms with E-state index in [2.05, 4.69) is 21.2 Å². The lowest BCUT2D eigenvalue weighted by Crippen LogP contribution is -2.21. The van der Waals surface area contributed by atoms with Gasteiger partial charge in [0, 0.05) is 15.2 Å². The maximum atomic E-state index is 11.9. The number of anilines is 1. The molecule has 2 aromatic rings. The van der Waals surface area contributed by atoms with Gasteiger partial charge in [0.15, 0.2) is 6.61 Å². The molecule has 23 heavy (non-hydrogen) atoms. The molecule has 0 unspecified atom stereocenters.